The minimum Gasteiger partial charge on any atom is -0.367 e. The zero-order valence-corrected chi connectivity index (χ0v) is 12.0. The van der Waals surface area contributed by atoms with E-state index >= 15 is 0 Å². The Kier molecular flexibility index (Phi) is 3.13. The Balaban J connectivity index is 1.94. The first-order valence-corrected chi connectivity index (χ1v) is 7.20. The molecule has 0 spiro atoms. The lowest BCUT2D eigenvalue weighted by molar-refractivity contribution is 0.0501. The molecular weight excluding hydrogens is 304 g/mol. The van der Waals surface area contributed by atoms with E-state index in [4.69, 9.17) is 16.3 Å². The summed E-state index contributed by atoms with van der Waals surface area (Å²) in [6.45, 7) is 2.09. The molecule has 3 rings (SSSR count). The molecule has 2 fully saturated rings. The summed E-state index contributed by atoms with van der Waals surface area (Å²) in [5.41, 5.74) is 1.06. The fourth-order valence-electron chi connectivity index (χ4n) is 2.22. The molecule has 1 saturated heterocycles. The second-order valence-corrected chi connectivity index (χ2v) is 6.01. The van der Waals surface area contributed by atoms with Crippen molar-refractivity contribution in [3.63, 3.8) is 0 Å². The fourth-order valence-corrected chi connectivity index (χ4v) is 2.90. The SMILES string of the molecule is CC1CCC(c2nc(Cl)c(Br)c(C3CC3)n2)O1. The van der Waals surface area contributed by atoms with Crippen LogP contribution in [-0.2, 0) is 4.74 Å². The summed E-state index contributed by atoms with van der Waals surface area (Å²) in [4.78, 5) is 8.99. The highest BCUT2D eigenvalue weighted by Crippen LogP contribution is 2.44. The van der Waals surface area contributed by atoms with E-state index in [0.29, 0.717) is 17.2 Å². The standard InChI is InChI=1S/C12H14BrClN2O/c1-6-2-5-8(17-6)12-15-10(7-3-4-7)9(13)11(14)16-12/h6-8H,2-5H2,1H3. The van der Waals surface area contributed by atoms with Gasteiger partial charge in [-0.3, -0.25) is 0 Å². The third-order valence-electron chi connectivity index (χ3n) is 3.34. The summed E-state index contributed by atoms with van der Waals surface area (Å²) in [6, 6.07) is 0. The third kappa shape index (κ3) is 2.35. The van der Waals surface area contributed by atoms with Crippen molar-refractivity contribution < 1.29 is 4.74 Å². The summed E-state index contributed by atoms with van der Waals surface area (Å²) in [5, 5.41) is 0.514. The molecule has 1 aliphatic carbocycles. The van der Waals surface area contributed by atoms with E-state index in [1.807, 2.05) is 0 Å². The first-order chi connectivity index (χ1) is 8.15. The summed E-state index contributed by atoms with van der Waals surface area (Å²) in [6.07, 6.45) is 4.79. The van der Waals surface area contributed by atoms with E-state index in [2.05, 4.69) is 32.8 Å². The average Bonchev–Trinajstić information content (AvgIpc) is 3.05. The highest BCUT2D eigenvalue weighted by Gasteiger charge is 2.32. The predicted molar refractivity (Wildman–Crippen MR) is 69.2 cm³/mol. The molecule has 0 bridgehead atoms. The van der Waals surface area contributed by atoms with Crippen LogP contribution >= 0.6 is 27.5 Å². The average molecular weight is 318 g/mol. The molecular formula is C12H14BrClN2O. The molecule has 1 aliphatic heterocycles. The van der Waals surface area contributed by atoms with Gasteiger partial charge in [-0.1, -0.05) is 11.6 Å². The second-order valence-electron chi connectivity index (χ2n) is 4.86. The van der Waals surface area contributed by atoms with Crippen LogP contribution in [0.5, 0.6) is 0 Å². The van der Waals surface area contributed by atoms with Crippen molar-refractivity contribution in [3.05, 3.63) is 21.1 Å². The lowest BCUT2D eigenvalue weighted by atomic mass is 10.2. The van der Waals surface area contributed by atoms with Gasteiger partial charge in [0.15, 0.2) is 5.82 Å². The molecule has 2 unspecified atom stereocenters. The van der Waals surface area contributed by atoms with Crippen molar-refractivity contribution in [2.75, 3.05) is 0 Å². The normalized spacial score (nSPS) is 28.6. The maximum absolute atomic E-state index is 6.15. The van der Waals surface area contributed by atoms with Crippen LogP contribution in [0.15, 0.2) is 4.47 Å². The summed E-state index contributed by atoms with van der Waals surface area (Å²) < 4.78 is 6.66. The fraction of sp³-hybridized carbons (Fsp3) is 0.667. The van der Waals surface area contributed by atoms with Crippen molar-refractivity contribution in [1.82, 2.24) is 9.97 Å². The summed E-state index contributed by atoms with van der Waals surface area (Å²) in [5.74, 6) is 1.31. The zero-order valence-electron chi connectivity index (χ0n) is 9.62. The monoisotopic (exact) mass is 316 g/mol. The Labute approximate surface area is 114 Å². The van der Waals surface area contributed by atoms with Crippen LogP contribution in [0.2, 0.25) is 5.15 Å². The Morgan fingerprint density at radius 2 is 2.00 bits per heavy atom. The molecule has 2 aliphatic rings. The smallest absolute Gasteiger partial charge is 0.159 e. The number of halogens is 2. The highest BCUT2D eigenvalue weighted by molar-refractivity contribution is 9.10. The van der Waals surface area contributed by atoms with Gasteiger partial charge in [-0.05, 0) is 48.5 Å². The number of hydrogen-bond acceptors (Lipinski definition) is 3. The minimum atomic E-state index is 0.0214. The van der Waals surface area contributed by atoms with Crippen LogP contribution in [0.3, 0.4) is 0 Å². The van der Waals surface area contributed by atoms with E-state index in [1.54, 1.807) is 0 Å². The van der Waals surface area contributed by atoms with Gasteiger partial charge in [0.05, 0.1) is 16.3 Å². The van der Waals surface area contributed by atoms with Gasteiger partial charge in [-0.25, -0.2) is 9.97 Å². The van der Waals surface area contributed by atoms with E-state index in [9.17, 15) is 0 Å². The second kappa shape index (κ2) is 4.48. The van der Waals surface area contributed by atoms with Gasteiger partial charge >= 0.3 is 0 Å². The number of aromatic nitrogens is 2. The maximum atomic E-state index is 6.15. The van der Waals surface area contributed by atoms with Crippen molar-refractivity contribution in [2.24, 2.45) is 0 Å². The Bertz CT molecular complexity index is 450. The van der Waals surface area contributed by atoms with Crippen molar-refractivity contribution in [2.45, 2.75) is 50.7 Å². The van der Waals surface area contributed by atoms with Crippen LogP contribution in [0, 0.1) is 0 Å². The molecule has 0 N–H and O–H groups in total. The molecule has 2 atom stereocenters. The van der Waals surface area contributed by atoms with Crippen LogP contribution in [0.25, 0.3) is 0 Å². The molecule has 1 aromatic heterocycles. The first kappa shape index (κ1) is 11.9. The lowest BCUT2D eigenvalue weighted by Crippen LogP contribution is -2.08. The molecule has 1 aromatic rings. The summed E-state index contributed by atoms with van der Waals surface area (Å²) >= 11 is 9.63. The van der Waals surface area contributed by atoms with Crippen LogP contribution in [0.4, 0.5) is 0 Å². The number of hydrogen-bond donors (Lipinski definition) is 0. The van der Waals surface area contributed by atoms with E-state index in [1.165, 1.54) is 12.8 Å². The topological polar surface area (TPSA) is 35.0 Å². The molecule has 0 radical (unpaired) electrons. The van der Waals surface area contributed by atoms with Gasteiger partial charge < -0.3 is 4.74 Å². The largest absolute Gasteiger partial charge is 0.367 e. The Morgan fingerprint density at radius 1 is 1.24 bits per heavy atom. The van der Waals surface area contributed by atoms with Gasteiger partial charge in [0.2, 0.25) is 0 Å². The van der Waals surface area contributed by atoms with Crippen LogP contribution < -0.4 is 0 Å². The lowest BCUT2D eigenvalue weighted by Gasteiger charge is -2.12. The number of rotatable bonds is 2. The Morgan fingerprint density at radius 3 is 2.59 bits per heavy atom. The molecule has 0 aromatic carbocycles. The molecule has 2 heterocycles. The van der Waals surface area contributed by atoms with Crippen molar-refractivity contribution in [1.29, 1.82) is 0 Å². The highest BCUT2D eigenvalue weighted by atomic mass is 79.9. The molecule has 92 valence electrons. The molecule has 17 heavy (non-hydrogen) atoms. The van der Waals surface area contributed by atoms with E-state index in [-0.39, 0.29) is 6.10 Å². The predicted octanol–water partition coefficient (Wildman–Crippen LogP) is 4.01. The van der Waals surface area contributed by atoms with E-state index < -0.39 is 0 Å². The van der Waals surface area contributed by atoms with Crippen LogP contribution in [0.1, 0.15) is 56.1 Å². The zero-order chi connectivity index (χ0) is 12.0. The Hall–Kier alpha value is -0.190. The third-order valence-corrected chi connectivity index (χ3v) is 4.62. The van der Waals surface area contributed by atoms with Gasteiger partial charge in [-0.2, -0.15) is 0 Å². The maximum Gasteiger partial charge on any atom is 0.159 e. The van der Waals surface area contributed by atoms with E-state index in [0.717, 1.165) is 28.8 Å². The van der Waals surface area contributed by atoms with Crippen LogP contribution in [-0.4, -0.2) is 16.1 Å². The summed E-state index contributed by atoms with van der Waals surface area (Å²) in [7, 11) is 0. The molecule has 5 heteroatoms. The van der Waals surface area contributed by atoms with Crippen molar-refractivity contribution in [3.8, 4) is 0 Å². The quantitative estimate of drug-likeness (QED) is 0.773. The molecule has 3 nitrogen and oxygen atoms in total. The molecule has 1 saturated carbocycles. The van der Waals surface area contributed by atoms with Gasteiger partial charge in [-0.15, -0.1) is 0 Å². The van der Waals surface area contributed by atoms with Gasteiger partial charge in [0, 0.05) is 5.92 Å². The molecule has 0 amide bonds. The number of ether oxygens (including phenoxy) is 1. The van der Waals surface area contributed by atoms with Crippen molar-refractivity contribution >= 4 is 27.5 Å². The van der Waals surface area contributed by atoms with Gasteiger partial charge in [0.25, 0.3) is 0 Å². The minimum absolute atomic E-state index is 0.0214. The first-order valence-electron chi connectivity index (χ1n) is 6.03. The number of nitrogens with zero attached hydrogens (tertiary/aromatic N) is 2. The van der Waals surface area contributed by atoms with Gasteiger partial charge in [0.1, 0.15) is 11.3 Å².